The van der Waals surface area contributed by atoms with Gasteiger partial charge in [0, 0.05) is 0 Å². The molecule has 5 atom stereocenters. The zero-order valence-corrected chi connectivity index (χ0v) is 11.4. The summed E-state index contributed by atoms with van der Waals surface area (Å²) in [5.74, 6) is -3.55. The van der Waals surface area contributed by atoms with Crippen LogP contribution in [-0.2, 0) is 23.9 Å². The SMILES string of the molecule is CC(C(=O)NCC(=O)O)N1C(=O)C2C3CCC(O3)C2C1=O. The molecule has 2 N–H and O–H groups in total. The molecule has 3 aliphatic rings. The maximum absolute atomic E-state index is 12.4. The van der Waals surface area contributed by atoms with Gasteiger partial charge in [0.2, 0.25) is 17.7 Å². The molecule has 0 aliphatic carbocycles. The lowest BCUT2D eigenvalue weighted by Gasteiger charge is -2.23. The van der Waals surface area contributed by atoms with Crippen molar-refractivity contribution < 1.29 is 29.0 Å². The highest BCUT2D eigenvalue weighted by molar-refractivity contribution is 6.09. The summed E-state index contributed by atoms with van der Waals surface area (Å²) in [7, 11) is 0. The predicted octanol–water partition coefficient (Wildman–Crippen LogP) is -1.26. The first-order chi connectivity index (χ1) is 9.91. The van der Waals surface area contributed by atoms with Crippen LogP contribution in [0.5, 0.6) is 0 Å². The van der Waals surface area contributed by atoms with Crippen LogP contribution in [-0.4, -0.2) is 58.5 Å². The molecule has 8 heteroatoms. The van der Waals surface area contributed by atoms with Gasteiger partial charge in [-0.3, -0.25) is 24.1 Å². The standard InChI is InChI=1S/C13H16N2O6/c1-5(11(18)14-4-8(16)17)15-12(19)9-6-2-3-7(21-6)10(9)13(15)20/h5-7,9-10H,2-4H2,1H3,(H,14,18)(H,16,17). The number of carboxylic acid groups (broad SMARTS) is 1. The number of amides is 3. The molecule has 114 valence electrons. The minimum atomic E-state index is -1.18. The van der Waals surface area contributed by atoms with Gasteiger partial charge in [-0.25, -0.2) is 0 Å². The summed E-state index contributed by atoms with van der Waals surface area (Å²) in [5.41, 5.74) is 0. The first-order valence-electron chi connectivity index (χ1n) is 6.93. The third-order valence-electron chi connectivity index (χ3n) is 4.50. The highest BCUT2D eigenvalue weighted by atomic mass is 16.5. The number of carbonyl (C=O) groups is 4. The summed E-state index contributed by atoms with van der Waals surface area (Å²) in [6.07, 6.45) is 1.07. The minimum absolute atomic E-state index is 0.226. The van der Waals surface area contributed by atoms with Crippen molar-refractivity contribution in [1.29, 1.82) is 0 Å². The molecule has 21 heavy (non-hydrogen) atoms. The van der Waals surface area contributed by atoms with Gasteiger partial charge in [0.1, 0.15) is 12.6 Å². The fraction of sp³-hybridized carbons (Fsp3) is 0.692. The van der Waals surface area contributed by atoms with Crippen molar-refractivity contribution in [1.82, 2.24) is 10.2 Å². The van der Waals surface area contributed by atoms with E-state index >= 15 is 0 Å². The maximum Gasteiger partial charge on any atom is 0.322 e. The van der Waals surface area contributed by atoms with Crippen molar-refractivity contribution in [2.75, 3.05) is 6.54 Å². The lowest BCUT2D eigenvalue weighted by atomic mass is 9.81. The summed E-state index contributed by atoms with van der Waals surface area (Å²) < 4.78 is 5.60. The Morgan fingerprint density at radius 3 is 2.29 bits per heavy atom. The zero-order valence-electron chi connectivity index (χ0n) is 11.4. The number of fused-ring (bicyclic) bond motifs is 5. The molecule has 8 nitrogen and oxygen atoms in total. The van der Waals surface area contributed by atoms with Crippen LogP contribution in [0.4, 0.5) is 0 Å². The summed E-state index contributed by atoms with van der Waals surface area (Å²) in [6.45, 7) is 0.886. The van der Waals surface area contributed by atoms with Crippen molar-refractivity contribution in [2.45, 2.75) is 38.0 Å². The summed E-state index contributed by atoms with van der Waals surface area (Å²) in [6, 6.07) is -1.01. The first-order valence-corrected chi connectivity index (χ1v) is 6.93. The highest BCUT2D eigenvalue weighted by Gasteiger charge is 2.63. The predicted molar refractivity (Wildman–Crippen MR) is 66.8 cm³/mol. The average Bonchev–Trinajstić information content (AvgIpc) is 3.09. The summed E-state index contributed by atoms with van der Waals surface area (Å²) in [5, 5.41) is 10.7. The lowest BCUT2D eigenvalue weighted by molar-refractivity contribution is -0.149. The number of carboxylic acids is 1. The van der Waals surface area contributed by atoms with Crippen molar-refractivity contribution in [3.8, 4) is 0 Å². The number of hydrogen-bond acceptors (Lipinski definition) is 5. The van der Waals surface area contributed by atoms with Gasteiger partial charge in [-0.05, 0) is 19.8 Å². The minimum Gasteiger partial charge on any atom is -0.480 e. The van der Waals surface area contributed by atoms with E-state index in [1.807, 2.05) is 0 Å². The van der Waals surface area contributed by atoms with E-state index in [9.17, 15) is 19.2 Å². The molecule has 0 radical (unpaired) electrons. The van der Waals surface area contributed by atoms with Gasteiger partial charge < -0.3 is 15.2 Å². The van der Waals surface area contributed by atoms with Gasteiger partial charge in [-0.2, -0.15) is 0 Å². The van der Waals surface area contributed by atoms with E-state index in [0.29, 0.717) is 0 Å². The van der Waals surface area contributed by atoms with Crippen LogP contribution >= 0.6 is 0 Å². The number of likely N-dealkylation sites (tertiary alicyclic amines) is 1. The van der Waals surface area contributed by atoms with E-state index in [2.05, 4.69) is 5.32 Å². The van der Waals surface area contributed by atoms with Crippen LogP contribution in [0.25, 0.3) is 0 Å². The Labute approximate surface area is 120 Å². The van der Waals surface area contributed by atoms with Crippen molar-refractivity contribution in [2.24, 2.45) is 11.8 Å². The molecule has 2 bridgehead atoms. The van der Waals surface area contributed by atoms with Crippen LogP contribution in [0.3, 0.4) is 0 Å². The third kappa shape index (κ3) is 2.01. The molecule has 0 aromatic carbocycles. The Morgan fingerprint density at radius 1 is 1.29 bits per heavy atom. The van der Waals surface area contributed by atoms with Crippen LogP contribution < -0.4 is 5.32 Å². The summed E-state index contributed by atoms with van der Waals surface area (Å²) >= 11 is 0. The fourth-order valence-corrected chi connectivity index (χ4v) is 3.54. The Hall–Kier alpha value is -1.96. The fourth-order valence-electron chi connectivity index (χ4n) is 3.54. The number of carbonyl (C=O) groups excluding carboxylic acids is 3. The molecule has 0 saturated carbocycles. The van der Waals surface area contributed by atoms with Crippen molar-refractivity contribution in [3.63, 3.8) is 0 Å². The van der Waals surface area contributed by atoms with Gasteiger partial charge in [0.15, 0.2) is 0 Å². The van der Waals surface area contributed by atoms with Crippen molar-refractivity contribution in [3.05, 3.63) is 0 Å². The molecule has 0 spiro atoms. The third-order valence-corrected chi connectivity index (χ3v) is 4.50. The second kappa shape index (κ2) is 4.80. The smallest absolute Gasteiger partial charge is 0.322 e. The van der Waals surface area contributed by atoms with Gasteiger partial charge in [0.05, 0.1) is 24.0 Å². The van der Waals surface area contributed by atoms with E-state index < -0.39 is 36.3 Å². The van der Waals surface area contributed by atoms with Crippen LogP contribution in [0.2, 0.25) is 0 Å². The molecule has 3 saturated heterocycles. The quantitative estimate of drug-likeness (QED) is 0.626. The Balaban J connectivity index is 1.74. The Kier molecular flexibility index (Phi) is 3.20. The summed E-state index contributed by atoms with van der Waals surface area (Å²) in [4.78, 5) is 48.1. The second-order valence-corrected chi connectivity index (χ2v) is 5.68. The number of imide groups is 1. The van der Waals surface area contributed by atoms with Crippen LogP contribution in [0.15, 0.2) is 0 Å². The molecule has 5 unspecified atom stereocenters. The number of nitrogens with one attached hydrogen (secondary N) is 1. The largest absolute Gasteiger partial charge is 0.480 e. The molecular formula is C13H16N2O6. The normalized spacial score (nSPS) is 35.0. The number of ether oxygens (including phenoxy) is 1. The molecule has 3 aliphatic heterocycles. The molecule has 3 amide bonds. The number of rotatable bonds is 4. The number of aliphatic carboxylic acids is 1. The average molecular weight is 296 g/mol. The van der Waals surface area contributed by atoms with Crippen LogP contribution in [0, 0.1) is 11.8 Å². The second-order valence-electron chi connectivity index (χ2n) is 5.68. The van der Waals surface area contributed by atoms with Gasteiger partial charge in [-0.15, -0.1) is 0 Å². The van der Waals surface area contributed by atoms with E-state index in [0.717, 1.165) is 17.7 Å². The van der Waals surface area contributed by atoms with E-state index in [1.54, 1.807) is 0 Å². The lowest BCUT2D eigenvalue weighted by Crippen LogP contribution is -2.50. The molecule has 3 heterocycles. The van der Waals surface area contributed by atoms with Gasteiger partial charge in [-0.1, -0.05) is 0 Å². The topological polar surface area (TPSA) is 113 Å². The molecule has 0 aromatic heterocycles. The molecular weight excluding hydrogens is 280 g/mol. The number of nitrogens with zero attached hydrogens (tertiary/aromatic N) is 1. The van der Waals surface area contributed by atoms with E-state index in [1.165, 1.54) is 6.92 Å². The van der Waals surface area contributed by atoms with Crippen molar-refractivity contribution >= 4 is 23.7 Å². The molecule has 0 aromatic rings. The van der Waals surface area contributed by atoms with E-state index in [-0.39, 0.29) is 24.0 Å². The van der Waals surface area contributed by atoms with Gasteiger partial charge >= 0.3 is 5.97 Å². The Bertz CT molecular complexity index is 505. The number of hydrogen-bond donors (Lipinski definition) is 2. The van der Waals surface area contributed by atoms with Gasteiger partial charge in [0.25, 0.3) is 0 Å². The highest BCUT2D eigenvalue weighted by Crippen LogP contribution is 2.48. The molecule has 3 fully saturated rings. The monoisotopic (exact) mass is 296 g/mol. The van der Waals surface area contributed by atoms with E-state index in [4.69, 9.17) is 9.84 Å². The Morgan fingerprint density at radius 2 is 1.81 bits per heavy atom. The zero-order chi connectivity index (χ0) is 15.3. The maximum atomic E-state index is 12.4. The molecule has 3 rings (SSSR count). The first kappa shape index (κ1) is 14.0. The van der Waals surface area contributed by atoms with Crippen LogP contribution in [0.1, 0.15) is 19.8 Å².